The van der Waals surface area contributed by atoms with Gasteiger partial charge in [-0.15, -0.1) is 11.8 Å². The van der Waals surface area contributed by atoms with Crippen molar-refractivity contribution in [3.8, 4) is 5.75 Å². The van der Waals surface area contributed by atoms with Gasteiger partial charge < -0.3 is 19.8 Å². The third kappa shape index (κ3) is 7.31. The van der Waals surface area contributed by atoms with Crippen molar-refractivity contribution in [2.45, 2.75) is 49.7 Å². The van der Waals surface area contributed by atoms with E-state index in [1.807, 2.05) is 18.2 Å². The van der Waals surface area contributed by atoms with Gasteiger partial charge in [-0.2, -0.15) is 0 Å². The summed E-state index contributed by atoms with van der Waals surface area (Å²) < 4.78 is 5.35. The molecule has 1 fully saturated rings. The van der Waals surface area contributed by atoms with E-state index in [4.69, 9.17) is 16.3 Å². The van der Waals surface area contributed by atoms with Gasteiger partial charge in [0, 0.05) is 35.3 Å². The fourth-order valence-electron chi connectivity index (χ4n) is 5.13. The first kappa shape index (κ1) is 27.6. The molecule has 0 unspecified atom stereocenters. The Bertz CT molecular complexity index is 1190. The number of carbonyl (C=O) groups is 1. The molecule has 0 spiro atoms. The second-order valence-electron chi connectivity index (χ2n) is 9.62. The normalized spacial score (nSPS) is 16.5. The van der Waals surface area contributed by atoms with Crippen LogP contribution in [-0.2, 0) is 4.79 Å². The molecule has 3 aromatic rings. The van der Waals surface area contributed by atoms with Gasteiger partial charge in [0.25, 0.3) is 0 Å². The van der Waals surface area contributed by atoms with Gasteiger partial charge in [-0.1, -0.05) is 11.6 Å². The lowest BCUT2D eigenvalue weighted by atomic mass is 9.71. The van der Waals surface area contributed by atoms with Crippen LogP contribution in [0.1, 0.15) is 50.2 Å². The lowest BCUT2D eigenvalue weighted by Gasteiger charge is -2.41. The summed E-state index contributed by atoms with van der Waals surface area (Å²) >= 11 is 8.18. The Kier molecular flexibility index (Phi) is 9.59. The van der Waals surface area contributed by atoms with Crippen molar-refractivity contribution in [3.05, 3.63) is 53.6 Å². The van der Waals surface area contributed by atoms with Gasteiger partial charge in [-0.05, 0) is 75.4 Å². The molecule has 8 nitrogen and oxygen atoms in total. The zero-order chi connectivity index (χ0) is 26.3. The number of piperidine rings is 1. The molecule has 37 heavy (non-hydrogen) atoms. The molecule has 1 saturated heterocycles. The maximum absolute atomic E-state index is 11.8. The van der Waals surface area contributed by atoms with Gasteiger partial charge in [0.15, 0.2) is 0 Å². The number of thioether (sulfide) groups is 1. The van der Waals surface area contributed by atoms with Crippen LogP contribution in [-0.4, -0.2) is 68.5 Å². The molecule has 0 amide bonds. The lowest BCUT2D eigenvalue weighted by Crippen LogP contribution is -2.41. The quantitative estimate of drug-likeness (QED) is 0.234. The minimum Gasteiger partial charge on any atom is -0.497 e. The number of halogens is 1. The third-order valence-corrected chi connectivity index (χ3v) is 8.50. The number of nitrogens with zero attached hydrogens (tertiary/aromatic N) is 4. The van der Waals surface area contributed by atoms with E-state index in [0.717, 1.165) is 60.6 Å². The van der Waals surface area contributed by atoms with Crippen LogP contribution in [0.4, 0.5) is 0 Å². The van der Waals surface area contributed by atoms with Crippen LogP contribution in [0, 0.1) is 5.41 Å². The van der Waals surface area contributed by atoms with Crippen molar-refractivity contribution in [1.29, 1.82) is 0 Å². The summed E-state index contributed by atoms with van der Waals surface area (Å²) in [5.74, 6) is 0.836. The molecule has 2 aromatic heterocycles. The first-order valence-corrected chi connectivity index (χ1v) is 13.9. The molecule has 198 valence electrons. The van der Waals surface area contributed by atoms with Crippen molar-refractivity contribution < 1.29 is 19.7 Å². The van der Waals surface area contributed by atoms with E-state index in [0.29, 0.717) is 29.2 Å². The molecule has 1 aliphatic rings. The van der Waals surface area contributed by atoms with Gasteiger partial charge in [0.1, 0.15) is 10.8 Å². The van der Waals surface area contributed by atoms with Crippen LogP contribution in [0.5, 0.6) is 5.75 Å². The number of carboxylic acid groups (broad SMARTS) is 1. The summed E-state index contributed by atoms with van der Waals surface area (Å²) in [7, 11) is 1.59. The van der Waals surface area contributed by atoms with Crippen LogP contribution in [0.3, 0.4) is 0 Å². The molecular weight excluding hydrogens is 512 g/mol. The van der Waals surface area contributed by atoms with Gasteiger partial charge in [-0.3, -0.25) is 14.8 Å². The first-order chi connectivity index (χ1) is 17.9. The SMILES string of the molecule is COc1ccc2ncc(Cl)c([C@H](O)CCC3(CC(=O)O)CCN(CCCSc4cnccn4)CC3)c2c1. The van der Waals surface area contributed by atoms with Crippen LogP contribution in [0.15, 0.2) is 48.0 Å². The Morgan fingerprint density at radius 2 is 2.05 bits per heavy atom. The fraction of sp³-hybridized carbons (Fsp3) is 0.481. The second kappa shape index (κ2) is 12.9. The van der Waals surface area contributed by atoms with E-state index in [9.17, 15) is 15.0 Å². The van der Waals surface area contributed by atoms with Crippen molar-refractivity contribution in [3.63, 3.8) is 0 Å². The highest BCUT2D eigenvalue weighted by Gasteiger charge is 2.37. The Balaban J connectivity index is 1.35. The zero-order valence-electron chi connectivity index (χ0n) is 21.0. The first-order valence-electron chi connectivity index (χ1n) is 12.5. The van der Waals surface area contributed by atoms with E-state index in [2.05, 4.69) is 19.9 Å². The Morgan fingerprint density at radius 1 is 1.24 bits per heavy atom. The number of aliphatic carboxylic acids is 1. The number of likely N-dealkylation sites (tertiary alicyclic amines) is 1. The highest BCUT2D eigenvalue weighted by molar-refractivity contribution is 7.99. The summed E-state index contributed by atoms with van der Waals surface area (Å²) in [6, 6.07) is 5.50. The van der Waals surface area contributed by atoms with E-state index in [-0.39, 0.29) is 11.8 Å². The van der Waals surface area contributed by atoms with E-state index < -0.39 is 12.1 Å². The lowest BCUT2D eigenvalue weighted by molar-refractivity contribution is -0.141. The number of aromatic nitrogens is 3. The van der Waals surface area contributed by atoms with E-state index in [1.165, 1.54) is 0 Å². The topological polar surface area (TPSA) is 109 Å². The number of rotatable bonds is 12. The predicted molar refractivity (Wildman–Crippen MR) is 145 cm³/mol. The monoisotopic (exact) mass is 544 g/mol. The average molecular weight is 545 g/mol. The number of methoxy groups -OCH3 is 1. The summed E-state index contributed by atoms with van der Waals surface area (Å²) in [5, 5.41) is 23.0. The highest BCUT2D eigenvalue weighted by Crippen LogP contribution is 2.43. The fourth-order valence-corrected chi connectivity index (χ4v) is 6.16. The maximum atomic E-state index is 11.8. The molecule has 10 heteroatoms. The molecule has 0 aliphatic carbocycles. The molecular formula is C27H33ClN4O4S. The van der Waals surface area contributed by atoms with Crippen molar-refractivity contribution in [2.75, 3.05) is 32.5 Å². The van der Waals surface area contributed by atoms with Crippen LogP contribution in [0.25, 0.3) is 10.9 Å². The number of hydrogen-bond donors (Lipinski definition) is 2. The van der Waals surface area contributed by atoms with Crippen LogP contribution >= 0.6 is 23.4 Å². The Morgan fingerprint density at radius 3 is 2.76 bits per heavy atom. The highest BCUT2D eigenvalue weighted by atomic mass is 35.5. The molecule has 2 N–H and O–H groups in total. The van der Waals surface area contributed by atoms with Crippen molar-refractivity contribution >= 4 is 40.2 Å². The maximum Gasteiger partial charge on any atom is 0.303 e. The summed E-state index contributed by atoms with van der Waals surface area (Å²) in [6.07, 6.45) is 9.65. The van der Waals surface area contributed by atoms with Gasteiger partial charge in [0.2, 0.25) is 0 Å². The second-order valence-corrected chi connectivity index (χ2v) is 11.1. The number of fused-ring (bicyclic) bond motifs is 1. The average Bonchev–Trinajstić information content (AvgIpc) is 2.90. The number of pyridine rings is 1. The predicted octanol–water partition coefficient (Wildman–Crippen LogP) is 5.24. The van der Waals surface area contributed by atoms with Gasteiger partial charge >= 0.3 is 5.97 Å². The summed E-state index contributed by atoms with van der Waals surface area (Å²) in [4.78, 5) is 26.9. The number of aliphatic hydroxyl groups excluding tert-OH is 1. The van der Waals surface area contributed by atoms with E-state index >= 15 is 0 Å². The minimum absolute atomic E-state index is 0.106. The Hall–Kier alpha value is -2.46. The number of ether oxygens (including phenoxy) is 1. The van der Waals surface area contributed by atoms with Crippen molar-refractivity contribution in [1.82, 2.24) is 19.9 Å². The third-order valence-electron chi connectivity index (χ3n) is 7.20. The van der Waals surface area contributed by atoms with Crippen LogP contribution < -0.4 is 4.74 Å². The Labute approximate surface area is 226 Å². The minimum atomic E-state index is -0.827. The van der Waals surface area contributed by atoms with Crippen molar-refractivity contribution in [2.24, 2.45) is 5.41 Å². The molecule has 1 atom stereocenters. The molecule has 3 heterocycles. The number of hydrogen-bond acceptors (Lipinski definition) is 8. The number of benzene rings is 1. The number of carboxylic acids is 1. The van der Waals surface area contributed by atoms with Gasteiger partial charge in [-0.25, -0.2) is 4.98 Å². The summed E-state index contributed by atoms with van der Waals surface area (Å²) in [6.45, 7) is 2.68. The molecule has 1 aromatic carbocycles. The van der Waals surface area contributed by atoms with Gasteiger partial charge in [0.05, 0.1) is 36.4 Å². The van der Waals surface area contributed by atoms with E-state index in [1.54, 1.807) is 43.7 Å². The zero-order valence-corrected chi connectivity index (χ0v) is 22.5. The van der Waals surface area contributed by atoms with Crippen LogP contribution in [0.2, 0.25) is 5.02 Å². The standard InChI is InChI=1S/C27H33ClN4O4S/c1-36-19-3-4-22-20(15-19)26(21(28)17-31-22)23(33)5-6-27(16-25(34)35)7-12-32(13-8-27)11-2-14-37-24-18-29-9-10-30-24/h3-4,9-10,15,17-18,23,33H,2,5-8,11-14,16H2,1H3,(H,34,35)/t23-/m1/s1. The number of aliphatic hydroxyl groups is 1. The molecule has 1 aliphatic heterocycles. The molecule has 4 rings (SSSR count). The molecule has 0 saturated carbocycles. The molecule has 0 bridgehead atoms. The molecule has 0 radical (unpaired) electrons. The summed E-state index contributed by atoms with van der Waals surface area (Å²) in [5.41, 5.74) is 1.00. The smallest absolute Gasteiger partial charge is 0.303 e. The largest absolute Gasteiger partial charge is 0.497 e.